The van der Waals surface area contributed by atoms with E-state index in [-0.39, 0.29) is 5.69 Å². The van der Waals surface area contributed by atoms with Gasteiger partial charge in [-0.2, -0.15) is 0 Å². The highest BCUT2D eigenvalue weighted by atomic mass is 16.5. The van der Waals surface area contributed by atoms with Gasteiger partial charge in [-0.3, -0.25) is 9.36 Å². The molecule has 0 aliphatic rings. The zero-order valence-electron chi connectivity index (χ0n) is 13.3. The van der Waals surface area contributed by atoms with E-state index in [1.54, 1.807) is 29.9 Å². The van der Waals surface area contributed by atoms with Crippen molar-refractivity contribution >= 4 is 17.3 Å². The van der Waals surface area contributed by atoms with E-state index < -0.39 is 0 Å². The van der Waals surface area contributed by atoms with Crippen LogP contribution in [0.4, 0.5) is 0 Å². The fourth-order valence-corrected chi connectivity index (χ4v) is 2.61. The zero-order valence-corrected chi connectivity index (χ0v) is 13.3. The van der Waals surface area contributed by atoms with Crippen molar-refractivity contribution < 1.29 is 14.3 Å². The summed E-state index contributed by atoms with van der Waals surface area (Å²) in [5, 5.41) is 0. The number of aldehydes is 1. The van der Waals surface area contributed by atoms with Crippen molar-refractivity contribution in [2.24, 2.45) is 0 Å². The van der Waals surface area contributed by atoms with Gasteiger partial charge < -0.3 is 14.5 Å². The number of hydrogen-bond acceptors (Lipinski definition) is 4. The summed E-state index contributed by atoms with van der Waals surface area (Å²) in [5.74, 6) is 1.10. The Morgan fingerprint density at radius 3 is 2.79 bits per heavy atom. The number of carbonyl (C=O) groups is 1. The SMILES string of the molecule is COc1ccc(C=O)cc1OCCCn1c(=O)[nH]c2ccccc21. The standard InChI is InChI=1S/C18H18N2O4/c1-23-16-8-7-13(12-21)11-17(16)24-10-4-9-20-15-6-3-2-5-14(15)19-18(20)22/h2-3,5-8,11-12H,4,9-10H2,1H3,(H,19,22). The normalized spacial score (nSPS) is 10.7. The van der Waals surface area contributed by atoms with Gasteiger partial charge in [-0.1, -0.05) is 12.1 Å². The van der Waals surface area contributed by atoms with Crippen molar-refractivity contribution in [2.75, 3.05) is 13.7 Å². The molecule has 124 valence electrons. The number of nitrogens with one attached hydrogen (secondary N) is 1. The lowest BCUT2D eigenvalue weighted by Gasteiger charge is -2.11. The monoisotopic (exact) mass is 326 g/mol. The summed E-state index contributed by atoms with van der Waals surface area (Å²) in [7, 11) is 1.55. The minimum absolute atomic E-state index is 0.128. The second-order valence-corrected chi connectivity index (χ2v) is 5.33. The van der Waals surface area contributed by atoms with Crippen LogP contribution in [0.25, 0.3) is 11.0 Å². The fraction of sp³-hybridized carbons (Fsp3) is 0.222. The first-order valence-corrected chi connectivity index (χ1v) is 7.66. The molecule has 3 rings (SSSR count). The third-order valence-electron chi connectivity index (χ3n) is 3.79. The van der Waals surface area contributed by atoms with Crippen molar-refractivity contribution in [1.29, 1.82) is 0 Å². The van der Waals surface area contributed by atoms with E-state index in [1.807, 2.05) is 24.3 Å². The van der Waals surface area contributed by atoms with E-state index in [2.05, 4.69) is 4.98 Å². The molecule has 0 atom stereocenters. The lowest BCUT2D eigenvalue weighted by atomic mass is 10.2. The number of para-hydroxylation sites is 2. The van der Waals surface area contributed by atoms with Crippen LogP contribution in [0.3, 0.4) is 0 Å². The predicted molar refractivity (Wildman–Crippen MR) is 91.1 cm³/mol. The Kier molecular flexibility index (Phi) is 4.65. The lowest BCUT2D eigenvalue weighted by Crippen LogP contribution is -2.18. The van der Waals surface area contributed by atoms with Gasteiger partial charge in [-0.05, 0) is 36.8 Å². The molecule has 3 aromatic rings. The number of ether oxygens (including phenoxy) is 2. The van der Waals surface area contributed by atoms with Crippen LogP contribution in [0.15, 0.2) is 47.3 Å². The molecule has 1 aromatic heterocycles. The van der Waals surface area contributed by atoms with Gasteiger partial charge in [0.1, 0.15) is 6.29 Å². The number of aromatic amines is 1. The van der Waals surface area contributed by atoms with E-state index >= 15 is 0 Å². The van der Waals surface area contributed by atoms with Crippen LogP contribution < -0.4 is 15.2 Å². The van der Waals surface area contributed by atoms with Crippen LogP contribution in [0.2, 0.25) is 0 Å². The Bertz CT molecular complexity index is 911. The number of fused-ring (bicyclic) bond motifs is 1. The maximum atomic E-state index is 12.0. The second kappa shape index (κ2) is 7.04. The maximum Gasteiger partial charge on any atom is 0.326 e. The molecule has 0 unspecified atom stereocenters. The van der Waals surface area contributed by atoms with E-state index in [0.29, 0.717) is 36.6 Å². The molecule has 0 saturated carbocycles. The number of aromatic nitrogens is 2. The number of aryl methyl sites for hydroxylation is 1. The number of benzene rings is 2. The summed E-state index contributed by atoms with van der Waals surface area (Å²) in [6.45, 7) is 0.948. The molecule has 2 aromatic carbocycles. The van der Waals surface area contributed by atoms with E-state index in [4.69, 9.17) is 9.47 Å². The summed E-state index contributed by atoms with van der Waals surface area (Å²) in [6.07, 6.45) is 1.41. The largest absolute Gasteiger partial charge is 0.493 e. The van der Waals surface area contributed by atoms with Gasteiger partial charge in [0.25, 0.3) is 0 Å². The topological polar surface area (TPSA) is 73.3 Å². The molecule has 1 N–H and O–H groups in total. The highest BCUT2D eigenvalue weighted by molar-refractivity contribution is 5.76. The van der Waals surface area contributed by atoms with Crippen LogP contribution in [0.5, 0.6) is 11.5 Å². The predicted octanol–water partition coefficient (Wildman–Crippen LogP) is 2.62. The van der Waals surface area contributed by atoms with Gasteiger partial charge in [0, 0.05) is 12.1 Å². The lowest BCUT2D eigenvalue weighted by molar-refractivity contribution is 0.112. The minimum atomic E-state index is -0.128. The Balaban J connectivity index is 1.66. The maximum absolute atomic E-state index is 12.0. The Labute approximate surface area is 138 Å². The summed E-state index contributed by atoms with van der Waals surface area (Å²) in [5.41, 5.74) is 2.10. The van der Waals surface area contributed by atoms with Crippen LogP contribution in [0.1, 0.15) is 16.8 Å². The molecule has 0 bridgehead atoms. The molecular weight excluding hydrogens is 308 g/mol. The smallest absolute Gasteiger partial charge is 0.326 e. The van der Waals surface area contributed by atoms with Gasteiger partial charge in [0.05, 0.1) is 24.8 Å². The van der Waals surface area contributed by atoms with Crippen molar-refractivity contribution in [1.82, 2.24) is 9.55 Å². The number of imidazole rings is 1. The Morgan fingerprint density at radius 1 is 1.17 bits per heavy atom. The number of H-pyrrole nitrogens is 1. The van der Waals surface area contributed by atoms with E-state index in [1.165, 1.54) is 0 Å². The summed E-state index contributed by atoms with van der Waals surface area (Å²) >= 11 is 0. The zero-order chi connectivity index (χ0) is 16.9. The van der Waals surface area contributed by atoms with E-state index in [0.717, 1.165) is 17.3 Å². The molecule has 6 nitrogen and oxygen atoms in total. The summed E-state index contributed by atoms with van der Waals surface area (Å²) in [6, 6.07) is 12.6. The number of rotatable bonds is 7. The third kappa shape index (κ3) is 3.17. The average Bonchev–Trinajstić information content (AvgIpc) is 2.93. The van der Waals surface area contributed by atoms with Gasteiger partial charge in [-0.15, -0.1) is 0 Å². The molecule has 6 heteroatoms. The summed E-state index contributed by atoms with van der Waals surface area (Å²) in [4.78, 5) is 25.7. The van der Waals surface area contributed by atoms with Crippen molar-refractivity contribution in [3.63, 3.8) is 0 Å². The van der Waals surface area contributed by atoms with Crippen molar-refractivity contribution in [3.8, 4) is 11.5 Å². The molecule has 0 radical (unpaired) electrons. The van der Waals surface area contributed by atoms with Gasteiger partial charge >= 0.3 is 5.69 Å². The highest BCUT2D eigenvalue weighted by Gasteiger charge is 2.08. The molecule has 0 aliphatic carbocycles. The Hall–Kier alpha value is -3.02. The van der Waals surface area contributed by atoms with Gasteiger partial charge in [0.15, 0.2) is 11.5 Å². The van der Waals surface area contributed by atoms with Crippen LogP contribution >= 0.6 is 0 Å². The molecular formula is C18H18N2O4. The van der Waals surface area contributed by atoms with Crippen molar-refractivity contribution in [3.05, 3.63) is 58.5 Å². The number of nitrogens with zero attached hydrogens (tertiary/aromatic N) is 1. The molecule has 0 fully saturated rings. The molecule has 0 aliphatic heterocycles. The van der Waals surface area contributed by atoms with Crippen LogP contribution in [-0.2, 0) is 6.54 Å². The first-order chi connectivity index (χ1) is 11.7. The van der Waals surface area contributed by atoms with Crippen LogP contribution in [-0.4, -0.2) is 29.6 Å². The van der Waals surface area contributed by atoms with Crippen LogP contribution in [0, 0.1) is 0 Å². The third-order valence-corrected chi connectivity index (χ3v) is 3.79. The molecule has 0 saturated heterocycles. The molecule has 1 heterocycles. The summed E-state index contributed by atoms with van der Waals surface area (Å²) < 4.78 is 12.6. The number of hydrogen-bond donors (Lipinski definition) is 1. The molecule has 0 spiro atoms. The number of carbonyl (C=O) groups excluding carboxylic acids is 1. The quantitative estimate of drug-likeness (QED) is 0.535. The number of methoxy groups -OCH3 is 1. The average molecular weight is 326 g/mol. The van der Waals surface area contributed by atoms with Gasteiger partial charge in [-0.25, -0.2) is 4.79 Å². The van der Waals surface area contributed by atoms with Crippen molar-refractivity contribution in [2.45, 2.75) is 13.0 Å². The van der Waals surface area contributed by atoms with Gasteiger partial charge in [0.2, 0.25) is 0 Å². The molecule has 24 heavy (non-hydrogen) atoms. The minimum Gasteiger partial charge on any atom is -0.493 e. The molecule has 0 amide bonds. The highest BCUT2D eigenvalue weighted by Crippen LogP contribution is 2.27. The second-order valence-electron chi connectivity index (χ2n) is 5.33. The van der Waals surface area contributed by atoms with E-state index in [9.17, 15) is 9.59 Å². The Morgan fingerprint density at radius 2 is 2.00 bits per heavy atom. The first kappa shape index (κ1) is 15.9. The first-order valence-electron chi connectivity index (χ1n) is 7.66. The fourth-order valence-electron chi connectivity index (χ4n) is 2.61.